The molecule has 1 aromatic carbocycles. The van der Waals surface area contributed by atoms with Crippen molar-refractivity contribution in [3.05, 3.63) is 69.5 Å². The molecule has 0 aliphatic carbocycles. The molecule has 0 aliphatic rings. The highest BCUT2D eigenvalue weighted by Gasteiger charge is 2.11. The van der Waals surface area contributed by atoms with Gasteiger partial charge in [0.15, 0.2) is 0 Å². The molecule has 4 nitrogen and oxygen atoms in total. The fourth-order valence-electron chi connectivity index (χ4n) is 2.30. The number of rotatable bonds is 2. The van der Waals surface area contributed by atoms with Gasteiger partial charge in [-0.2, -0.15) is 0 Å². The Balaban J connectivity index is 0.000000615. The topological polar surface area (TPSA) is 50.2 Å². The molecular weight excluding hydrogens is 286 g/mol. The lowest BCUT2D eigenvalue weighted by Gasteiger charge is -2.04. The number of hydrogen-bond acceptors (Lipinski definition) is 2. The molecule has 0 atom stereocenters. The van der Waals surface area contributed by atoms with E-state index in [9.17, 15) is 4.79 Å². The zero-order valence-corrected chi connectivity index (χ0v) is 15.0. The Morgan fingerprint density at radius 2 is 1.65 bits per heavy atom. The van der Waals surface area contributed by atoms with Crippen LogP contribution in [0.25, 0.3) is 5.65 Å². The van der Waals surface area contributed by atoms with Crippen LogP contribution in [-0.4, -0.2) is 14.4 Å². The summed E-state index contributed by atoms with van der Waals surface area (Å²) in [6, 6.07) is 10.2. The highest BCUT2D eigenvalue weighted by Crippen LogP contribution is 2.15. The Hall–Kier alpha value is -2.36. The van der Waals surface area contributed by atoms with Crippen LogP contribution in [0.2, 0.25) is 0 Å². The van der Waals surface area contributed by atoms with Crippen molar-refractivity contribution >= 4 is 5.65 Å². The molecule has 3 rings (SSSR count). The maximum Gasteiger partial charge on any atom is 0.331 e. The third-order valence-electron chi connectivity index (χ3n) is 3.44. The molecule has 0 saturated heterocycles. The summed E-state index contributed by atoms with van der Waals surface area (Å²) < 4.78 is 1.65. The first kappa shape index (κ1) is 18.7. The maximum absolute atomic E-state index is 11.9. The average Bonchev–Trinajstić information content (AvgIpc) is 2.91. The Labute approximate surface area is 138 Å². The third-order valence-corrected chi connectivity index (χ3v) is 3.44. The minimum Gasteiger partial charge on any atom is -0.313 e. The summed E-state index contributed by atoms with van der Waals surface area (Å²) in [5, 5.41) is 0. The van der Waals surface area contributed by atoms with Crippen LogP contribution in [0.3, 0.4) is 0 Å². The van der Waals surface area contributed by atoms with E-state index in [4.69, 9.17) is 0 Å². The first-order chi connectivity index (χ1) is 11.2. The Morgan fingerprint density at radius 1 is 1.04 bits per heavy atom. The summed E-state index contributed by atoms with van der Waals surface area (Å²) >= 11 is 0. The number of aromatic nitrogens is 3. The summed E-state index contributed by atoms with van der Waals surface area (Å²) in [7, 11) is 0. The van der Waals surface area contributed by atoms with Gasteiger partial charge in [-0.05, 0) is 19.4 Å². The van der Waals surface area contributed by atoms with Crippen LogP contribution in [0.15, 0.2) is 41.3 Å². The van der Waals surface area contributed by atoms with Crippen molar-refractivity contribution in [2.45, 2.75) is 48.0 Å². The van der Waals surface area contributed by atoms with E-state index in [1.54, 1.807) is 10.6 Å². The van der Waals surface area contributed by atoms with Crippen molar-refractivity contribution in [3.63, 3.8) is 0 Å². The van der Waals surface area contributed by atoms with Gasteiger partial charge in [0, 0.05) is 23.9 Å². The second-order valence-electron chi connectivity index (χ2n) is 4.72. The molecule has 0 bridgehead atoms. The van der Waals surface area contributed by atoms with Crippen LogP contribution < -0.4 is 5.69 Å². The van der Waals surface area contributed by atoms with Gasteiger partial charge in [-0.15, -0.1) is 0 Å². The van der Waals surface area contributed by atoms with Crippen molar-refractivity contribution in [1.82, 2.24) is 14.4 Å². The van der Waals surface area contributed by atoms with E-state index < -0.39 is 0 Å². The highest BCUT2D eigenvalue weighted by molar-refractivity contribution is 5.51. The number of nitrogens with zero attached hydrogens (tertiary/aromatic N) is 2. The van der Waals surface area contributed by atoms with Crippen LogP contribution in [0.4, 0.5) is 0 Å². The molecule has 3 aromatic rings. The molecule has 0 saturated carbocycles. The van der Waals surface area contributed by atoms with Gasteiger partial charge >= 0.3 is 5.69 Å². The zero-order valence-electron chi connectivity index (χ0n) is 15.0. The lowest BCUT2D eigenvalue weighted by atomic mass is 10.1. The smallest absolute Gasteiger partial charge is 0.313 e. The van der Waals surface area contributed by atoms with E-state index >= 15 is 0 Å². The SMILES string of the molecule is CC.CC.Cc1nc2c(Cc3ccccc3)c[nH]c(=O)n2c1C. The predicted octanol–water partition coefficient (Wildman–Crippen LogP) is 4.28. The van der Waals surface area contributed by atoms with E-state index in [2.05, 4.69) is 22.1 Å². The van der Waals surface area contributed by atoms with E-state index in [0.717, 1.165) is 29.0 Å². The molecule has 23 heavy (non-hydrogen) atoms. The van der Waals surface area contributed by atoms with E-state index in [1.807, 2.05) is 59.7 Å². The molecule has 2 heterocycles. The number of nitrogens with one attached hydrogen (secondary N) is 1. The number of hydrogen-bond donors (Lipinski definition) is 1. The molecule has 0 amide bonds. The minimum atomic E-state index is -0.134. The zero-order chi connectivity index (χ0) is 17.4. The molecule has 1 N–H and O–H groups in total. The second kappa shape index (κ2) is 8.93. The van der Waals surface area contributed by atoms with Gasteiger partial charge in [0.1, 0.15) is 5.65 Å². The molecule has 0 aliphatic heterocycles. The van der Waals surface area contributed by atoms with Crippen LogP contribution >= 0.6 is 0 Å². The summed E-state index contributed by atoms with van der Waals surface area (Å²) in [6.07, 6.45) is 2.52. The lowest BCUT2D eigenvalue weighted by Crippen LogP contribution is -2.18. The third kappa shape index (κ3) is 4.09. The monoisotopic (exact) mass is 313 g/mol. The molecule has 4 heteroatoms. The fraction of sp³-hybridized carbons (Fsp3) is 0.368. The van der Waals surface area contributed by atoms with Crippen LogP contribution in [0.1, 0.15) is 50.2 Å². The summed E-state index contributed by atoms with van der Waals surface area (Å²) in [5.74, 6) is 0. The summed E-state index contributed by atoms with van der Waals surface area (Å²) in [6.45, 7) is 11.8. The molecule has 124 valence electrons. The highest BCUT2D eigenvalue weighted by atomic mass is 16.1. The van der Waals surface area contributed by atoms with E-state index in [1.165, 1.54) is 5.56 Å². The van der Waals surface area contributed by atoms with Gasteiger partial charge in [0.25, 0.3) is 0 Å². The summed E-state index contributed by atoms with van der Waals surface area (Å²) in [4.78, 5) is 19.2. The summed E-state index contributed by atoms with van der Waals surface area (Å²) in [5.41, 5.74) is 4.64. The van der Waals surface area contributed by atoms with Crippen molar-refractivity contribution in [2.75, 3.05) is 0 Å². The van der Waals surface area contributed by atoms with Crippen LogP contribution in [0, 0.1) is 13.8 Å². The van der Waals surface area contributed by atoms with Gasteiger partial charge in [-0.3, -0.25) is 0 Å². The lowest BCUT2D eigenvalue weighted by molar-refractivity contribution is 0.940. The van der Waals surface area contributed by atoms with E-state index in [0.29, 0.717) is 0 Å². The first-order valence-electron chi connectivity index (χ1n) is 8.27. The van der Waals surface area contributed by atoms with Crippen LogP contribution in [-0.2, 0) is 6.42 Å². The standard InChI is InChI=1S/C15H15N3O.2C2H6/c1-10-11(2)18-14(17-10)13(9-16-15(18)19)8-12-6-4-3-5-7-12;2*1-2/h3-7,9H,8H2,1-2H3,(H,16,19);2*1-2H3. The molecular formula is C19H27N3O. The fourth-order valence-corrected chi connectivity index (χ4v) is 2.30. The van der Waals surface area contributed by atoms with Crippen LogP contribution in [0.5, 0.6) is 0 Å². The van der Waals surface area contributed by atoms with Gasteiger partial charge < -0.3 is 4.98 Å². The second-order valence-corrected chi connectivity index (χ2v) is 4.72. The Kier molecular flexibility index (Phi) is 7.26. The normalized spacial score (nSPS) is 9.65. The quantitative estimate of drug-likeness (QED) is 0.767. The largest absolute Gasteiger partial charge is 0.331 e. The van der Waals surface area contributed by atoms with Gasteiger partial charge in [-0.25, -0.2) is 14.2 Å². The number of aromatic amines is 1. The van der Waals surface area contributed by atoms with Crippen molar-refractivity contribution in [3.8, 4) is 0 Å². The van der Waals surface area contributed by atoms with Gasteiger partial charge in [-0.1, -0.05) is 58.0 Å². The number of aryl methyl sites for hydroxylation is 2. The molecule has 0 unspecified atom stereocenters. The number of H-pyrrole nitrogens is 1. The average molecular weight is 313 g/mol. The van der Waals surface area contributed by atoms with Crippen molar-refractivity contribution in [1.29, 1.82) is 0 Å². The predicted molar refractivity (Wildman–Crippen MR) is 97.2 cm³/mol. The molecule has 2 aromatic heterocycles. The Bertz CT molecular complexity index is 785. The van der Waals surface area contributed by atoms with E-state index in [-0.39, 0.29) is 5.69 Å². The van der Waals surface area contributed by atoms with Gasteiger partial charge in [0.05, 0.1) is 5.69 Å². The van der Waals surface area contributed by atoms with Crippen molar-refractivity contribution in [2.24, 2.45) is 0 Å². The molecule has 0 radical (unpaired) electrons. The maximum atomic E-state index is 11.9. The minimum absolute atomic E-state index is 0.134. The van der Waals surface area contributed by atoms with Crippen molar-refractivity contribution < 1.29 is 0 Å². The molecule has 0 fully saturated rings. The first-order valence-corrected chi connectivity index (χ1v) is 8.27. The number of benzene rings is 1. The number of imidazole rings is 1. The van der Waals surface area contributed by atoms with Gasteiger partial charge in [0.2, 0.25) is 0 Å². The number of fused-ring (bicyclic) bond motifs is 1. The molecule has 0 spiro atoms. The Morgan fingerprint density at radius 3 is 2.26 bits per heavy atom.